The Kier molecular flexibility index (Phi) is 13.7. The Bertz CT molecular complexity index is 1050. The van der Waals surface area contributed by atoms with Crippen molar-refractivity contribution in [2.24, 2.45) is 35.3 Å². The van der Waals surface area contributed by atoms with Crippen molar-refractivity contribution in [3.05, 3.63) is 35.4 Å². The van der Waals surface area contributed by atoms with E-state index in [2.05, 4.69) is 78.5 Å². The van der Waals surface area contributed by atoms with Crippen molar-refractivity contribution in [2.45, 2.75) is 91.6 Å². The van der Waals surface area contributed by atoms with Gasteiger partial charge in [-0.1, -0.05) is 38.1 Å². The molecule has 2 rings (SSSR count). The van der Waals surface area contributed by atoms with E-state index in [1.54, 1.807) is 0 Å². The Morgan fingerprint density at radius 3 is 2.07 bits per heavy atom. The quantitative estimate of drug-likeness (QED) is 0.250. The van der Waals surface area contributed by atoms with E-state index < -0.39 is 23.7 Å². The Morgan fingerprint density at radius 1 is 0.977 bits per heavy atom. The van der Waals surface area contributed by atoms with Gasteiger partial charge in [0, 0.05) is 42.3 Å². The largest absolute Gasteiger partial charge is 0.550 e. The molecule has 1 saturated carbocycles. The first kappa shape index (κ1) is 36.7. The number of primary amides is 1. The van der Waals surface area contributed by atoms with Crippen LogP contribution in [0.4, 0.5) is 0 Å². The zero-order valence-electron chi connectivity index (χ0n) is 28.5. The number of carbonyl (C=O) groups is 3. The summed E-state index contributed by atoms with van der Waals surface area (Å²) in [6, 6.07) is 8.96. The number of nitrogens with zero attached hydrogens (tertiary/aromatic N) is 2. The second kappa shape index (κ2) is 16.0. The normalized spacial score (nSPS) is 22.0. The van der Waals surface area contributed by atoms with Gasteiger partial charge in [0.15, 0.2) is 0 Å². The first-order valence-electron chi connectivity index (χ1n) is 16.5. The van der Waals surface area contributed by atoms with E-state index in [0.29, 0.717) is 18.8 Å². The topological polar surface area (TPSA) is 112 Å². The summed E-state index contributed by atoms with van der Waals surface area (Å²) < 4.78 is 1.87. The minimum Gasteiger partial charge on any atom is -0.550 e. The highest BCUT2D eigenvalue weighted by Crippen LogP contribution is 2.46. The molecule has 1 aromatic rings. The van der Waals surface area contributed by atoms with E-state index in [1.807, 2.05) is 6.92 Å². The van der Waals surface area contributed by atoms with Gasteiger partial charge in [-0.05, 0) is 75.7 Å². The Labute approximate surface area is 261 Å². The van der Waals surface area contributed by atoms with Crippen LogP contribution in [0.5, 0.6) is 0 Å². The highest BCUT2D eigenvalue weighted by molar-refractivity contribution is 5.78. The molecule has 3 N–H and O–H groups in total. The van der Waals surface area contributed by atoms with Crippen molar-refractivity contribution in [1.29, 1.82) is 0 Å². The highest BCUT2D eigenvalue weighted by atomic mass is 16.4. The van der Waals surface area contributed by atoms with Gasteiger partial charge in [0.25, 0.3) is 0 Å². The van der Waals surface area contributed by atoms with Gasteiger partial charge in [0.1, 0.15) is 6.54 Å². The van der Waals surface area contributed by atoms with Crippen LogP contribution in [-0.4, -0.2) is 80.6 Å². The number of aliphatic carboxylic acids is 1. The first-order chi connectivity index (χ1) is 20.0. The molecule has 8 nitrogen and oxygen atoms in total. The summed E-state index contributed by atoms with van der Waals surface area (Å²) >= 11 is 0. The van der Waals surface area contributed by atoms with Crippen LogP contribution in [0.1, 0.15) is 90.2 Å². The molecule has 7 unspecified atom stereocenters. The van der Waals surface area contributed by atoms with Crippen LogP contribution in [0.25, 0.3) is 0 Å². The summed E-state index contributed by atoms with van der Waals surface area (Å²) in [4.78, 5) is 36.7. The monoisotopic (exact) mass is 601 g/mol. The molecular formula is C35H61N4O4+. The number of hydrogen-bond acceptors (Lipinski definition) is 4. The van der Waals surface area contributed by atoms with E-state index in [9.17, 15) is 19.5 Å². The summed E-state index contributed by atoms with van der Waals surface area (Å²) in [7, 11) is 9.03. The average Bonchev–Trinajstić information content (AvgIpc) is 3.29. The third-order valence-electron chi connectivity index (χ3n) is 10.3. The summed E-state index contributed by atoms with van der Waals surface area (Å²) in [5, 5.41) is 15.6. The minimum absolute atomic E-state index is 0.0753. The first-order valence-corrected chi connectivity index (χ1v) is 16.5. The fourth-order valence-corrected chi connectivity index (χ4v) is 7.33. The maximum Gasteiger partial charge on any atom is 0.220 e. The van der Waals surface area contributed by atoms with Gasteiger partial charge >= 0.3 is 0 Å². The van der Waals surface area contributed by atoms with Crippen molar-refractivity contribution in [3.8, 4) is 0 Å². The number of nitrogens with one attached hydrogen (secondary N) is 1. The lowest BCUT2D eigenvalue weighted by molar-refractivity contribution is -0.901. The maximum atomic E-state index is 12.6. The lowest BCUT2D eigenvalue weighted by atomic mass is 9.73. The summed E-state index contributed by atoms with van der Waals surface area (Å²) in [6.45, 7) is 14.3. The van der Waals surface area contributed by atoms with Crippen LogP contribution in [0.15, 0.2) is 24.3 Å². The van der Waals surface area contributed by atoms with Crippen LogP contribution in [-0.2, 0) is 20.9 Å². The van der Waals surface area contributed by atoms with Crippen LogP contribution < -0.4 is 16.2 Å². The van der Waals surface area contributed by atoms with Gasteiger partial charge in [-0.25, -0.2) is 0 Å². The van der Waals surface area contributed by atoms with E-state index in [-0.39, 0.29) is 36.1 Å². The van der Waals surface area contributed by atoms with Crippen LogP contribution in [0.2, 0.25) is 0 Å². The summed E-state index contributed by atoms with van der Waals surface area (Å²) in [5.74, 6) is -2.38. The SMILES string of the molecule is CCC(CC(C(=O)[O-])C1CC(NC(C)=O)CC1CC(CC(C)C[N+](C)(C)CC)c1ccc(C[N+](C)(C)CC)cc1)C(N)=O. The second-order valence-electron chi connectivity index (χ2n) is 14.8. The maximum absolute atomic E-state index is 12.6. The molecule has 0 saturated heterocycles. The van der Waals surface area contributed by atoms with Crippen LogP contribution in [0, 0.1) is 29.6 Å². The van der Waals surface area contributed by atoms with Crippen LogP contribution in [0.3, 0.4) is 0 Å². The third-order valence-corrected chi connectivity index (χ3v) is 10.3. The number of quaternary nitrogens is 2. The Balaban J connectivity index is 2.45. The molecule has 0 spiro atoms. The summed E-state index contributed by atoms with van der Waals surface area (Å²) in [5.41, 5.74) is 8.24. The molecule has 0 radical (unpaired) electrons. The lowest BCUT2D eigenvalue weighted by Crippen LogP contribution is -2.43. The summed E-state index contributed by atoms with van der Waals surface area (Å²) in [6.07, 6.45) is 3.81. The van der Waals surface area contributed by atoms with Crippen molar-refractivity contribution in [1.82, 2.24) is 5.32 Å². The molecule has 43 heavy (non-hydrogen) atoms. The zero-order valence-corrected chi connectivity index (χ0v) is 28.5. The molecule has 244 valence electrons. The zero-order chi connectivity index (χ0) is 32.5. The molecule has 7 atom stereocenters. The Hall–Kier alpha value is -2.45. The number of carboxylic acid groups (broad SMARTS) is 1. The standard InChI is InChI=1S/C35H60N4O4/c1-10-27(34(36)41)20-33(35(42)43)32-21-31(37-25(5)40)19-30(32)18-29(17-24(4)22-38(6,7)11-2)28-15-13-26(14-16-28)23-39(8,9)12-3/h13-16,24,27,29-33H,10-12,17-23H2,1-9H3,(H2-2,36,37,40,41,42,43)/p+1. The third kappa shape index (κ3) is 11.5. The van der Waals surface area contributed by atoms with E-state index in [4.69, 9.17) is 5.73 Å². The van der Waals surface area contributed by atoms with E-state index in [1.165, 1.54) is 18.1 Å². The number of carboxylic acids is 1. The number of rotatable bonds is 18. The number of benzene rings is 1. The van der Waals surface area contributed by atoms with Crippen molar-refractivity contribution in [3.63, 3.8) is 0 Å². The predicted molar refractivity (Wildman–Crippen MR) is 171 cm³/mol. The average molecular weight is 602 g/mol. The van der Waals surface area contributed by atoms with Gasteiger partial charge in [0.2, 0.25) is 11.8 Å². The molecule has 0 bridgehead atoms. The molecule has 0 aliphatic heterocycles. The van der Waals surface area contributed by atoms with Gasteiger partial charge < -0.3 is 29.9 Å². The molecule has 2 amide bonds. The van der Waals surface area contributed by atoms with Gasteiger partial charge in [-0.2, -0.15) is 0 Å². The van der Waals surface area contributed by atoms with Crippen molar-refractivity contribution < 1.29 is 28.5 Å². The van der Waals surface area contributed by atoms with Crippen molar-refractivity contribution in [2.75, 3.05) is 47.8 Å². The van der Waals surface area contributed by atoms with E-state index >= 15 is 0 Å². The van der Waals surface area contributed by atoms with Crippen LogP contribution >= 0.6 is 0 Å². The molecule has 0 heterocycles. The van der Waals surface area contributed by atoms with Gasteiger partial charge in [0.05, 0.1) is 47.8 Å². The fourth-order valence-electron chi connectivity index (χ4n) is 7.33. The fraction of sp³-hybridized carbons (Fsp3) is 0.743. The molecule has 1 aliphatic rings. The van der Waals surface area contributed by atoms with Crippen molar-refractivity contribution >= 4 is 17.8 Å². The number of nitrogens with two attached hydrogens (primary N) is 1. The number of amides is 2. The van der Waals surface area contributed by atoms with Gasteiger partial charge in [-0.3, -0.25) is 9.59 Å². The lowest BCUT2D eigenvalue weighted by Gasteiger charge is -2.35. The highest BCUT2D eigenvalue weighted by Gasteiger charge is 2.42. The molecule has 1 aromatic carbocycles. The molecule has 8 heteroatoms. The predicted octanol–water partition coefficient (Wildman–Crippen LogP) is 3.68. The smallest absolute Gasteiger partial charge is 0.220 e. The van der Waals surface area contributed by atoms with Gasteiger partial charge in [-0.15, -0.1) is 0 Å². The number of carbonyl (C=O) groups excluding carboxylic acids is 3. The second-order valence-corrected chi connectivity index (χ2v) is 14.8. The molecule has 1 aliphatic carbocycles. The van der Waals surface area contributed by atoms with E-state index in [0.717, 1.165) is 54.4 Å². The Morgan fingerprint density at radius 2 is 1.58 bits per heavy atom. The molecular weight excluding hydrogens is 540 g/mol. The molecule has 1 fully saturated rings. The molecule has 0 aromatic heterocycles. The number of hydrogen-bond donors (Lipinski definition) is 2. The minimum atomic E-state index is -1.12.